The third-order valence-corrected chi connectivity index (χ3v) is 15.5. The normalized spacial score (nSPS) is 14.1. The Hall–Kier alpha value is -3.42. The summed E-state index contributed by atoms with van der Waals surface area (Å²) >= 11 is 0. The number of allylic oxidation sites excluding steroid dienone is 2. The monoisotopic (exact) mass is 692 g/mol. The Morgan fingerprint density at radius 2 is 0.843 bits per heavy atom. The number of hydrogen-bond donors (Lipinski definition) is 0. The Balaban J connectivity index is 1.41. The molecule has 268 valence electrons. The molecule has 0 bridgehead atoms. The first kappa shape index (κ1) is 37.3. The van der Waals surface area contributed by atoms with Crippen LogP contribution < -0.4 is 0 Å². The van der Waals surface area contributed by atoms with Gasteiger partial charge < -0.3 is 0 Å². The van der Waals surface area contributed by atoms with Crippen molar-refractivity contribution in [1.82, 2.24) is 0 Å². The lowest BCUT2D eigenvalue weighted by Crippen LogP contribution is -2.32. The summed E-state index contributed by atoms with van der Waals surface area (Å²) in [5.74, 6) is 0. The topological polar surface area (TPSA) is 0 Å². The second-order valence-corrected chi connectivity index (χ2v) is 20.4. The van der Waals surface area contributed by atoms with E-state index < -0.39 is 8.07 Å². The summed E-state index contributed by atoms with van der Waals surface area (Å²) < 4.78 is 0. The van der Waals surface area contributed by atoms with E-state index in [0.29, 0.717) is 0 Å². The molecule has 6 rings (SSSR count). The SMILES string of the molecule is CCCCCCc1ccc(-c2cccc3c2C([Si](C)(C)C2=C(CCC)Cc4cccc(-c5ccc(CCCCCC)cc5)c42)=C(CCC)C3)cc1. The number of aryl methyl sites for hydroxylation is 2. The molecule has 0 unspecified atom stereocenters. The van der Waals surface area contributed by atoms with E-state index in [4.69, 9.17) is 0 Å². The summed E-state index contributed by atoms with van der Waals surface area (Å²) in [7, 11) is -2.18. The van der Waals surface area contributed by atoms with Crippen LogP contribution in [0.1, 0.15) is 138 Å². The highest BCUT2D eigenvalue weighted by molar-refractivity contribution is 7.09. The Morgan fingerprint density at radius 1 is 0.431 bits per heavy atom. The highest BCUT2D eigenvalue weighted by atomic mass is 28.3. The van der Waals surface area contributed by atoms with E-state index in [1.165, 1.54) is 123 Å². The van der Waals surface area contributed by atoms with Gasteiger partial charge in [0, 0.05) is 0 Å². The second kappa shape index (κ2) is 17.4. The van der Waals surface area contributed by atoms with Crippen LogP contribution in [0.25, 0.3) is 32.6 Å². The number of rotatable bonds is 18. The van der Waals surface area contributed by atoms with Gasteiger partial charge in [-0.15, -0.1) is 0 Å². The van der Waals surface area contributed by atoms with Gasteiger partial charge in [-0.2, -0.15) is 0 Å². The molecule has 1 heteroatoms. The summed E-state index contributed by atoms with van der Waals surface area (Å²) in [5, 5.41) is 3.49. The molecule has 0 N–H and O–H groups in total. The van der Waals surface area contributed by atoms with Crippen molar-refractivity contribution in [3.8, 4) is 22.3 Å². The first-order valence-corrected chi connectivity index (χ1v) is 23.8. The molecule has 0 radical (unpaired) electrons. The maximum absolute atomic E-state index is 2.71. The van der Waals surface area contributed by atoms with Gasteiger partial charge in [0.25, 0.3) is 0 Å². The van der Waals surface area contributed by atoms with Gasteiger partial charge in [-0.05, 0) is 117 Å². The largest absolute Gasteiger partial charge is 0.113 e. The summed E-state index contributed by atoms with van der Waals surface area (Å²) in [6.07, 6.45) is 19.9. The zero-order valence-corrected chi connectivity index (χ0v) is 33.9. The predicted molar refractivity (Wildman–Crippen MR) is 228 cm³/mol. The fourth-order valence-corrected chi connectivity index (χ4v) is 13.7. The molecule has 0 aromatic heterocycles. The van der Waals surface area contributed by atoms with Crippen LogP contribution in [0.4, 0.5) is 0 Å². The van der Waals surface area contributed by atoms with Gasteiger partial charge in [-0.25, -0.2) is 0 Å². The van der Waals surface area contributed by atoms with Crippen LogP contribution >= 0.6 is 0 Å². The minimum atomic E-state index is -2.18. The number of benzene rings is 4. The van der Waals surface area contributed by atoms with Crippen molar-refractivity contribution in [1.29, 1.82) is 0 Å². The second-order valence-electron chi connectivity index (χ2n) is 16.1. The number of unbranched alkanes of at least 4 members (excludes halogenated alkanes) is 6. The van der Waals surface area contributed by atoms with Gasteiger partial charge in [0.15, 0.2) is 0 Å². The highest BCUT2D eigenvalue weighted by Crippen LogP contribution is 2.53. The fourth-order valence-electron chi connectivity index (χ4n) is 9.43. The minimum Gasteiger partial charge on any atom is -0.0655 e. The Kier molecular flexibility index (Phi) is 12.7. The molecule has 0 amide bonds. The van der Waals surface area contributed by atoms with E-state index in [9.17, 15) is 0 Å². The molecule has 0 fully saturated rings. The molecule has 0 spiro atoms. The molecular weight excluding hydrogens is 629 g/mol. The summed E-state index contributed by atoms with van der Waals surface area (Å²) in [6.45, 7) is 14.8. The number of fused-ring (bicyclic) bond motifs is 2. The van der Waals surface area contributed by atoms with Crippen LogP contribution in [0.5, 0.6) is 0 Å². The molecule has 4 aromatic rings. The van der Waals surface area contributed by atoms with Crippen LogP contribution in [0, 0.1) is 0 Å². The maximum Gasteiger partial charge on any atom is 0.113 e. The van der Waals surface area contributed by atoms with Crippen LogP contribution in [-0.4, -0.2) is 8.07 Å². The first-order valence-electron chi connectivity index (χ1n) is 20.8. The number of hydrogen-bond acceptors (Lipinski definition) is 0. The van der Waals surface area contributed by atoms with Gasteiger partial charge in [0.05, 0.1) is 0 Å². The Labute approximate surface area is 312 Å². The molecule has 2 aliphatic carbocycles. The summed E-state index contributed by atoms with van der Waals surface area (Å²) in [5.41, 5.74) is 18.3. The molecular formula is C50H64Si. The summed E-state index contributed by atoms with van der Waals surface area (Å²) in [6, 6.07) is 33.7. The lowest BCUT2D eigenvalue weighted by molar-refractivity contribution is 0.667. The first-order chi connectivity index (χ1) is 24.9. The summed E-state index contributed by atoms with van der Waals surface area (Å²) in [4.78, 5) is 0. The standard InChI is InChI=1S/C50H64Si/c1-7-11-13-15-21-37-27-31-39(32-28-37)45-25-17-23-41-35-43(19-9-3)49(47(41)45)51(5,6)50-44(20-10-4)36-42-24-18-26-46(48(42)50)40-33-29-38(30-34-40)22-16-14-12-8-2/h17-18,23-34H,7-16,19-22,35-36H2,1-6H3. The molecule has 51 heavy (non-hydrogen) atoms. The van der Waals surface area contributed by atoms with E-state index in [2.05, 4.69) is 126 Å². The smallest absolute Gasteiger partial charge is 0.0655 e. The highest BCUT2D eigenvalue weighted by Gasteiger charge is 2.43. The average Bonchev–Trinajstić information content (AvgIpc) is 3.72. The van der Waals surface area contributed by atoms with E-state index in [-0.39, 0.29) is 0 Å². The zero-order valence-electron chi connectivity index (χ0n) is 32.9. The van der Waals surface area contributed by atoms with Crippen LogP contribution in [-0.2, 0) is 25.7 Å². The average molecular weight is 693 g/mol. The molecule has 0 atom stereocenters. The Morgan fingerprint density at radius 3 is 1.22 bits per heavy atom. The molecule has 0 aliphatic heterocycles. The van der Waals surface area contributed by atoms with Gasteiger partial charge in [0.2, 0.25) is 0 Å². The maximum atomic E-state index is 2.71. The predicted octanol–water partition coefficient (Wildman–Crippen LogP) is 15.0. The van der Waals surface area contributed by atoms with Gasteiger partial charge in [-0.3, -0.25) is 0 Å². The van der Waals surface area contributed by atoms with Crippen molar-refractivity contribution in [2.75, 3.05) is 0 Å². The van der Waals surface area contributed by atoms with Crippen molar-refractivity contribution < 1.29 is 0 Å². The van der Waals surface area contributed by atoms with Crippen molar-refractivity contribution >= 4 is 18.5 Å². The molecule has 2 aliphatic rings. The molecule has 0 nitrogen and oxygen atoms in total. The Bertz CT molecular complexity index is 1690. The van der Waals surface area contributed by atoms with E-state index >= 15 is 0 Å². The van der Waals surface area contributed by atoms with E-state index in [1.54, 1.807) is 43.8 Å². The van der Waals surface area contributed by atoms with Gasteiger partial charge >= 0.3 is 0 Å². The van der Waals surface area contributed by atoms with Crippen molar-refractivity contribution in [3.63, 3.8) is 0 Å². The molecule has 0 saturated heterocycles. The molecule has 4 aromatic carbocycles. The minimum absolute atomic E-state index is 1.11. The quantitative estimate of drug-likeness (QED) is 0.0719. The van der Waals surface area contributed by atoms with E-state index in [0.717, 1.165) is 12.8 Å². The third kappa shape index (κ3) is 8.15. The van der Waals surface area contributed by atoms with Crippen molar-refractivity contribution in [2.24, 2.45) is 0 Å². The van der Waals surface area contributed by atoms with Crippen LogP contribution in [0.2, 0.25) is 13.1 Å². The molecule has 0 saturated carbocycles. The van der Waals surface area contributed by atoms with Gasteiger partial charge in [0.1, 0.15) is 8.07 Å². The lowest BCUT2D eigenvalue weighted by Gasteiger charge is -2.33. The lowest BCUT2D eigenvalue weighted by atomic mass is 9.95. The third-order valence-electron chi connectivity index (χ3n) is 11.8. The van der Waals surface area contributed by atoms with Crippen LogP contribution in [0.15, 0.2) is 96.1 Å². The van der Waals surface area contributed by atoms with Crippen molar-refractivity contribution in [2.45, 2.75) is 144 Å². The fraction of sp³-hybridized carbons (Fsp3) is 0.440. The van der Waals surface area contributed by atoms with Gasteiger partial charge in [-0.1, -0.05) is 188 Å². The van der Waals surface area contributed by atoms with Crippen molar-refractivity contribution in [3.05, 3.63) is 129 Å². The van der Waals surface area contributed by atoms with Crippen LogP contribution in [0.3, 0.4) is 0 Å². The van der Waals surface area contributed by atoms with E-state index in [1.807, 2.05) is 0 Å². The zero-order chi connectivity index (χ0) is 35.8. The molecule has 0 heterocycles.